The van der Waals surface area contributed by atoms with Gasteiger partial charge in [-0.15, -0.1) is 0 Å². The molecular weight excluding hydrogens is 242 g/mol. The molecule has 0 radical (unpaired) electrons. The van der Waals surface area contributed by atoms with Crippen LogP contribution in [0.3, 0.4) is 0 Å². The van der Waals surface area contributed by atoms with Crippen molar-refractivity contribution in [2.75, 3.05) is 0 Å². The fourth-order valence-electron chi connectivity index (χ4n) is 2.01. The Bertz CT molecular complexity index is 630. The summed E-state index contributed by atoms with van der Waals surface area (Å²) < 4.78 is 1.54. The lowest BCUT2D eigenvalue weighted by Gasteiger charge is -2.09. The van der Waals surface area contributed by atoms with Gasteiger partial charge in [0, 0.05) is 11.9 Å². The molecule has 0 spiro atoms. The summed E-state index contributed by atoms with van der Waals surface area (Å²) in [5.74, 6) is -0.320. The molecule has 100 valence electrons. The number of aryl methyl sites for hydroxylation is 2. The Morgan fingerprint density at radius 2 is 2.05 bits per heavy atom. The summed E-state index contributed by atoms with van der Waals surface area (Å²) in [6.07, 6.45) is 1.75. The largest absolute Gasteiger partial charge is 0.478 e. The molecule has 0 atom stereocenters. The van der Waals surface area contributed by atoms with Crippen molar-refractivity contribution >= 4 is 5.97 Å². The fraction of sp³-hybridized carbons (Fsp3) is 0.357. The normalized spacial score (nSPS) is 11.0. The van der Waals surface area contributed by atoms with Crippen molar-refractivity contribution in [2.24, 2.45) is 0 Å². The number of carboxylic acid groups (broad SMARTS) is 1. The number of rotatable bonds is 3. The Labute approximate surface area is 111 Å². The van der Waals surface area contributed by atoms with Crippen molar-refractivity contribution < 1.29 is 9.90 Å². The molecule has 0 fully saturated rings. The van der Waals surface area contributed by atoms with Crippen LogP contribution >= 0.6 is 0 Å². The third-order valence-corrected chi connectivity index (χ3v) is 2.96. The first-order chi connectivity index (χ1) is 8.90. The number of hydrogen-bond acceptors (Lipinski definition) is 3. The first-order valence-electron chi connectivity index (χ1n) is 6.17. The molecule has 2 aromatic heterocycles. The maximum atomic E-state index is 11.4. The smallest absolute Gasteiger partial charge is 0.339 e. The Morgan fingerprint density at radius 3 is 2.58 bits per heavy atom. The zero-order valence-electron chi connectivity index (χ0n) is 11.5. The molecule has 2 heterocycles. The fourth-order valence-corrected chi connectivity index (χ4v) is 2.01. The number of carboxylic acids is 1. The van der Waals surface area contributed by atoms with E-state index >= 15 is 0 Å². The topological polar surface area (TPSA) is 68.0 Å². The highest BCUT2D eigenvalue weighted by Gasteiger charge is 2.18. The Morgan fingerprint density at radius 1 is 1.37 bits per heavy atom. The highest BCUT2D eigenvalue weighted by atomic mass is 16.4. The molecule has 0 aliphatic heterocycles. The van der Waals surface area contributed by atoms with Crippen LogP contribution in [0.2, 0.25) is 0 Å². The van der Waals surface area contributed by atoms with Gasteiger partial charge in [-0.05, 0) is 37.5 Å². The van der Waals surface area contributed by atoms with Gasteiger partial charge in [-0.3, -0.25) is 0 Å². The average molecular weight is 259 g/mol. The third kappa shape index (κ3) is 2.50. The second kappa shape index (κ2) is 4.84. The summed E-state index contributed by atoms with van der Waals surface area (Å²) in [6.45, 7) is 7.70. The molecule has 0 aromatic carbocycles. The first kappa shape index (κ1) is 13.3. The minimum atomic E-state index is -0.985. The minimum Gasteiger partial charge on any atom is -0.478 e. The van der Waals surface area contributed by atoms with Crippen LogP contribution < -0.4 is 0 Å². The number of hydrogen-bond donors (Lipinski definition) is 1. The van der Waals surface area contributed by atoms with Crippen LogP contribution in [0.15, 0.2) is 18.3 Å². The van der Waals surface area contributed by atoms with Crippen LogP contribution in [-0.2, 0) is 0 Å². The molecule has 0 bridgehead atoms. The Kier molecular flexibility index (Phi) is 3.38. The van der Waals surface area contributed by atoms with E-state index in [1.54, 1.807) is 23.9 Å². The summed E-state index contributed by atoms with van der Waals surface area (Å²) in [5.41, 5.74) is 2.58. The maximum Gasteiger partial charge on any atom is 0.339 e. The predicted molar refractivity (Wildman–Crippen MR) is 71.9 cm³/mol. The van der Waals surface area contributed by atoms with Crippen LogP contribution in [0.5, 0.6) is 0 Å². The van der Waals surface area contributed by atoms with Gasteiger partial charge in [0.05, 0.1) is 5.69 Å². The second-order valence-corrected chi connectivity index (χ2v) is 4.92. The van der Waals surface area contributed by atoms with Gasteiger partial charge in [0.25, 0.3) is 0 Å². The summed E-state index contributed by atoms with van der Waals surface area (Å²) in [4.78, 5) is 15.7. The van der Waals surface area contributed by atoms with Gasteiger partial charge in [0.1, 0.15) is 5.56 Å². The lowest BCUT2D eigenvalue weighted by atomic mass is 10.1. The number of aromatic carboxylic acids is 1. The highest BCUT2D eigenvalue weighted by molar-refractivity contribution is 5.92. The summed E-state index contributed by atoms with van der Waals surface area (Å²) >= 11 is 0. The van der Waals surface area contributed by atoms with Crippen molar-refractivity contribution in [3.05, 3.63) is 40.8 Å². The van der Waals surface area contributed by atoms with E-state index in [4.69, 9.17) is 0 Å². The zero-order chi connectivity index (χ0) is 14.2. The van der Waals surface area contributed by atoms with Crippen molar-refractivity contribution in [2.45, 2.75) is 33.6 Å². The van der Waals surface area contributed by atoms with Gasteiger partial charge in [0.2, 0.25) is 0 Å². The van der Waals surface area contributed by atoms with Crippen molar-refractivity contribution in [1.29, 1.82) is 0 Å². The standard InChI is InChI=1S/C14H17N3O2/c1-8(2)11-5-6-17(16-11)13-12(14(18)19)9(3)7-10(4)15-13/h5-8H,1-4H3,(H,18,19). The predicted octanol–water partition coefficient (Wildman–Crippen LogP) is 2.71. The lowest BCUT2D eigenvalue weighted by Crippen LogP contribution is -2.12. The molecule has 0 amide bonds. The third-order valence-electron chi connectivity index (χ3n) is 2.96. The van der Waals surface area contributed by atoms with Crippen LogP contribution in [0.1, 0.15) is 47.1 Å². The van der Waals surface area contributed by atoms with Gasteiger partial charge in [-0.2, -0.15) is 5.10 Å². The van der Waals surface area contributed by atoms with Gasteiger partial charge >= 0.3 is 5.97 Å². The molecule has 1 N–H and O–H groups in total. The molecule has 0 saturated carbocycles. The van der Waals surface area contributed by atoms with E-state index in [1.807, 2.05) is 26.8 Å². The number of pyridine rings is 1. The monoisotopic (exact) mass is 259 g/mol. The van der Waals surface area contributed by atoms with Crippen LogP contribution in [0, 0.1) is 13.8 Å². The molecule has 19 heavy (non-hydrogen) atoms. The van der Waals surface area contributed by atoms with Crippen LogP contribution in [-0.4, -0.2) is 25.8 Å². The maximum absolute atomic E-state index is 11.4. The SMILES string of the molecule is Cc1cc(C)c(C(=O)O)c(-n2ccc(C(C)C)n2)n1. The minimum absolute atomic E-state index is 0.198. The quantitative estimate of drug-likeness (QED) is 0.920. The van der Waals surface area contributed by atoms with E-state index < -0.39 is 5.97 Å². The molecule has 5 heteroatoms. The van der Waals surface area contributed by atoms with E-state index in [-0.39, 0.29) is 5.56 Å². The van der Waals surface area contributed by atoms with Crippen LogP contribution in [0.25, 0.3) is 5.82 Å². The number of carbonyl (C=O) groups is 1. The van der Waals surface area contributed by atoms with Crippen molar-refractivity contribution in [3.63, 3.8) is 0 Å². The van der Waals surface area contributed by atoms with Crippen LogP contribution in [0.4, 0.5) is 0 Å². The highest BCUT2D eigenvalue weighted by Crippen LogP contribution is 2.19. The number of nitrogens with zero attached hydrogens (tertiary/aromatic N) is 3. The van der Waals surface area contributed by atoms with E-state index in [2.05, 4.69) is 10.1 Å². The van der Waals surface area contributed by atoms with Gasteiger partial charge < -0.3 is 5.11 Å². The molecule has 2 aromatic rings. The Hall–Kier alpha value is -2.17. The first-order valence-corrected chi connectivity index (χ1v) is 6.17. The Balaban J connectivity index is 2.63. The van der Waals surface area contributed by atoms with E-state index in [1.165, 1.54) is 0 Å². The average Bonchev–Trinajstić information content (AvgIpc) is 2.76. The van der Waals surface area contributed by atoms with Gasteiger partial charge in [0.15, 0.2) is 5.82 Å². The van der Waals surface area contributed by atoms with Gasteiger partial charge in [-0.25, -0.2) is 14.5 Å². The summed E-state index contributed by atoms with van der Waals surface area (Å²) in [6, 6.07) is 3.65. The zero-order valence-corrected chi connectivity index (χ0v) is 11.5. The lowest BCUT2D eigenvalue weighted by molar-refractivity contribution is 0.0695. The van der Waals surface area contributed by atoms with E-state index in [9.17, 15) is 9.90 Å². The molecule has 0 aliphatic carbocycles. The molecule has 0 saturated heterocycles. The number of aromatic nitrogens is 3. The molecule has 5 nitrogen and oxygen atoms in total. The van der Waals surface area contributed by atoms with E-state index in [0.717, 1.165) is 11.4 Å². The summed E-state index contributed by atoms with van der Waals surface area (Å²) in [7, 11) is 0. The summed E-state index contributed by atoms with van der Waals surface area (Å²) in [5, 5.41) is 13.7. The molecule has 2 rings (SSSR count). The second-order valence-electron chi connectivity index (χ2n) is 4.92. The van der Waals surface area contributed by atoms with Crippen molar-refractivity contribution in [3.8, 4) is 5.82 Å². The molecule has 0 aliphatic rings. The van der Waals surface area contributed by atoms with Gasteiger partial charge in [-0.1, -0.05) is 13.8 Å². The van der Waals surface area contributed by atoms with Crippen molar-refractivity contribution in [1.82, 2.24) is 14.8 Å². The molecular formula is C14H17N3O2. The molecule has 0 unspecified atom stereocenters. The van der Waals surface area contributed by atoms with E-state index in [0.29, 0.717) is 17.3 Å².